The Kier molecular flexibility index (Phi) is 3.63. The van der Waals surface area contributed by atoms with E-state index in [2.05, 4.69) is 40.9 Å². The van der Waals surface area contributed by atoms with Crippen molar-refractivity contribution in [3.8, 4) is 0 Å². The Labute approximate surface area is 120 Å². The van der Waals surface area contributed by atoms with Crippen LogP contribution < -0.4 is 10.6 Å². The van der Waals surface area contributed by atoms with E-state index >= 15 is 0 Å². The summed E-state index contributed by atoms with van der Waals surface area (Å²) < 4.78 is 5.07. The molecular weight excluding hydrogens is 272 g/mol. The van der Waals surface area contributed by atoms with Crippen LogP contribution >= 0.6 is 0 Å². The maximum Gasteiger partial charge on any atom is 0.228 e. The molecule has 0 aliphatic rings. The lowest BCUT2D eigenvalue weighted by Gasteiger charge is -2.07. The maximum absolute atomic E-state index is 5.07. The molecule has 0 aromatic carbocycles. The van der Waals surface area contributed by atoms with E-state index in [-0.39, 0.29) is 0 Å². The van der Waals surface area contributed by atoms with E-state index in [9.17, 15) is 0 Å². The molecule has 0 radical (unpaired) electrons. The molecule has 3 heterocycles. The van der Waals surface area contributed by atoms with Crippen LogP contribution in [0.3, 0.4) is 0 Å². The molecule has 0 bridgehead atoms. The van der Waals surface area contributed by atoms with Crippen molar-refractivity contribution in [2.45, 2.75) is 20.3 Å². The number of nitrogens with zero attached hydrogens (tertiary/aromatic N) is 5. The first kappa shape index (κ1) is 13.3. The number of nitrogens with one attached hydrogen (secondary N) is 3. The third kappa shape index (κ3) is 2.91. The molecule has 0 aliphatic carbocycles. The molecule has 9 heteroatoms. The third-order valence-corrected chi connectivity index (χ3v) is 2.85. The minimum atomic E-state index is 0.561. The monoisotopic (exact) mass is 288 g/mol. The summed E-state index contributed by atoms with van der Waals surface area (Å²) >= 11 is 0. The van der Waals surface area contributed by atoms with Crippen LogP contribution in [0.4, 0.5) is 11.8 Å². The molecule has 0 spiro atoms. The second-order valence-electron chi connectivity index (χ2n) is 4.47. The van der Waals surface area contributed by atoms with Crippen LogP contribution in [0, 0.1) is 6.92 Å². The molecule has 0 atom stereocenters. The fourth-order valence-electron chi connectivity index (χ4n) is 1.94. The van der Waals surface area contributed by atoms with Crippen LogP contribution in [0.25, 0.3) is 11.0 Å². The number of aryl methyl sites for hydroxylation is 1. The van der Waals surface area contributed by atoms with Gasteiger partial charge in [-0.2, -0.15) is 20.1 Å². The van der Waals surface area contributed by atoms with Crippen molar-refractivity contribution >= 4 is 22.8 Å². The van der Waals surface area contributed by atoms with Crippen LogP contribution in [0.5, 0.6) is 0 Å². The predicted molar refractivity (Wildman–Crippen MR) is 77.1 cm³/mol. The minimum Gasteiger partial charge on any atom is -0.369 e. The molecule has 9 nitrogen and oxygen atoms in total. The number of rotatable bonds is 6. The standard InChI is InChI=1S/C12H16N8O/c1-3-13-12-17-10(8-6-15-19-11(8)18-12)14-5-4-9-16-7(2)20-21-9/h6H,3-5H2,1-2H3,(H3,13,14,15,17,18,19). The molecule has 0 saturated heterocycles. The van der Waals surface area contributed by atoms with Gasteiger partial charge in [0.25, 0.3) is 0 Å². The van der Waals surface area contributed by atoms with Gasteiger partial charge in [0, 0.05) is 19.5 Å². The summed E-state index contributed by atoms with van der Waals surface area (Å²) in [6.07, 6.45) is 2.32. The van der Waals surface area contributed by atoms with Crippen molar-refractivity contribution in [1.82, 2.24) is 30.3 Å². The summed E-state index contributed by atoms with van der Waals surface area (Å²) in [5.74, 6) is 2.52. The van der Waals surface area contributed by atoms with Gasteiger partial charge in [-0.3, -0.25) is 5.10 Å². The van der Waals surface area contributed by atoms with Gasteiger partial charge in [0.1, 0.15) is 5.82 Å². The SMILES string of the molecule is CCNc1nc(NCCc2nc(C)no2)c2cn[nH]c2n1. The number of hydrogen-bond donors (Lipinski definition) is 3. The molecule has 110 valence electrons. The zero-order valence-corrected chi connectivity index (χ0v) is 11.8. The van der Waals surface area contributed by atoms with Crippen molar-refractivity contribution in [2.75, 3.05) is 23.7 Å². The first-order valence-electron chi connectivity index (χ1n) is 6.74. The molecule has 0 aliphatic heterocycles. The highest BCUT2D eigenvalue weighted by Crippen LogP contribution is 2.19. The minimum absolute atomic E-state index is 0.561. The zero-order chi connectivity index (χ0) is 14.7. The Morgan fingerprint density at radius 3 is 2.90 bits per heavy atom. The zero-order valence-electron chi connectivity index (χ0n) is 11.8. The second-order valence-corrected chi connectivity index (χ2v) is 4.47. The average Bonchev–Trinajstić information content (AvgIpc) is 3.08. The normalized spacial score (nSPS) is 11.0. The highest BCUT2D eigenvalue weighted by Gasteiger charge is 2.09. The quantitative estimate of drug-likeness (QED) is 0.618. The molecule has 21 heavy (non-hydrogen) atoms. The molecule has 3 aromatic rings. The Balaban J connectivity index is 1.74. The van der Waals surface area contributed by atoms with Crippen molar-refractivity contribution in [1.29, 1.82) is 0 Å². The second kappa shape index (κ2) is 5.73. The topological polar surface area (TPSA) is 117 Å². The summed E-state index contributed by atoms with van der Waals surface area (Å²) in [4.78, 5) is 12.9. The summed E-state index contributed by atoms with van der Waals surface area (Å²) in [5.41, 5.74) is 0.692. The van der Waals surface area contributed by atoms with Gasteiger partial charge >= 0.3 is 0 Å². The van der Waals surface area contributed by atoms with Crippen LogP contribution in [0.1, 0.15) is 18.6 Å². The molecule has 3 aromatic heterocycles. The first-order valence-corrected chi connectivity index (χ1v) is 6.74. The lowest BCUT2D eigenvalue weighted by atomic mass is 10.3. The first-order chi connectivity index (χ1) is 10.3. The number of aromatic nitrogens is 6. The Hall–Kier alpha value is -2.71. The lowest BCUT2D eigenvalue weighted by molar-refractivity contribution is 0.377. The van der Waals surface area contributed by atoms with E-state index in [1.807, 2.05) is 6.92 Å². The number of fused-ring (bicyclic) bond motifs is 1. The van der Waals surface area contributed by atoms with Gasteiger partial charge in [0.05, 0.1) is 11.6 Å². The van der Waals surface area contributed by atoms with E-state index in [0.717, 1.165) is 17.7 Å². The van der Waals surface area contributed by atoms with Gasteiger partial charge in [-0.25, -0.2) is 0 Å². The van der Waals surface area contributed by atoms with E-state index < -0.39 is 0 Å². The Morgan fingerprint density at radius 1 is 1.24 bits per heavy atom. The van der Waals surface area contributed by atoms with Gasteiger partial charge in [-0.15, -0.1) is 0 Å². The van der Waals surface area contributed by atoms with Crippen molar-refractivity contribution in [3.63, 3.8) is 0 Å². The Morgan fingerprint density at radius 2 is 2.14 bits per heavy atom. The highest BCUT2D eigenvalue weighted by atomic mass is 16.5. The van der Waals surface area contributed by atoms with Crippen molar-refractivity contribution < 1.29 is 4.52 Å². The highest BCUT2D eigenvalue weighted by molar-refractivity contribution is 5.86. The third-order valence-electron chi connectivity index (χ3n) is 2.85. The maximum atomic E-state index is 5.07. The van der Waals surface area contributed by atoms with Crippen molar-refractivity contribution in [2.24, 2.45) is 0 Å². The van der Waals surface area contributed by atoms with Crippen LogP contribution in [-0.2, 0) is 6.42 Å². The molecule has 0 unspecified atom stereocenters. The lowest BCUT2D eigenvalue weighted by Crippen LogP contribution is -2.09. The van der Waals surface area contributed by atoms with E-state index in [1.54, 1.807) is 13.1 Å². The van der Waals surface area contributed by atoms with Gasteiger partial charge in [-0.1, -0.05) is 5.16 Å². The summed E-state index contributed by atoms with van der Waals surface area (Å²) in [7, 11) is 0. The van der Waals surface area contributed by atoms with Gasteiger partial charge in [-0.05, 0) is 13.8 Å². The van der Waals surface area contributed by atoms with Gasteiger partial charge in [0.15, 0.2) is 11.5 Å². The summed E-state index contributed by atoms with van der Waals surface area (Å²) in [6.45, 7) is 5.17. The van der Waals surface area contributed by atoms with Crippen molar-refractivity contribution in [3.05, 3.63) is 17.9 Å². The van der Waals surface area contributed by atoms with E-state index in [4.69, 9.17) is 4.52 Å². The van der Waals surface area contributed by atoms with E-state index in [0.29, 0.717) is 36.3 Å². The molecule has 3 N–H and O–H groups in total. The van der Waals surface area contributed by atoms with E-state index in [1.165, 1.54) is 0 Å². The summed E-state index contributed by atoms with van der Waals surface area (Å²) in [6, 6.07) is 0. The van der Waals surface area contributed by atoms with Crippen LogP contribution in [-0.4, -0.2) is 43.4 Å². The average molecular weight is 288 g/mol. The largest absolute Gasteiger partial charge is 0.369 e. The summed E-state index contributed by atoms with van der Waals surface area (Å²) in [5, 5.41) is 17.8. The fourth-order valence-corrected chi connectivity index (χ4v) is 1.94. The number of anilines is 2. The Bertz CT molecular complexity index is 734. The molecule has 0 amide bonds. The smallest absolute Gasteiger partial charge is 0.228 e. The number of aromatic amines is 1. The van der Waals surface area contributed by atoms with Crippen LogP contribution in [0.2, 0.25) is 0 Å². The molecule has 0 fully saturated rings. The van der Waals surface area contributed by atoms with Crippen LogP contribution in [0.15, 0.2) is 10.7 Å². The number of hydrogen-bond acceptors (Lipinski definition) is 8. The number of H-pyrrole nitrogens is 1. The molecule has 3 rings (SSSR count). The molecular formula is C12H16N8O. The van der Waals surface area contributed by atoms with Gasteiger partial charge in [0.2, 0.25) is 11.8 Å². The molecule has 0 saturated carbocycles. The fraction of sp³-hybridized carbons (Fsp3) is 0.417. The van der Waals surface area contributed by atoms with Gasteiger partial charge < -0.3 is 15.2 Å². The predicted octanol–water partition coefficient (Wildman–Crippen LogP) is 1.13.